The highest BCUT2D eigenvalue weighted by atomic mass is 16.1. The maximum Gasteiger partial charge on any atom is 0.138 e. The minimum atomic E-state index is 0.306. The Kier molecular flexibility index (Phi) is 4.72. The molecule has 0 unspecified atom stereocenters. The molecule has 0 atom stereocenters. The van der Waals surface area contributed by atoms with E-state index in [0.29, 0.717) is 18.6 Å². The number of unbranched alkanes of at least 4 members (excludes halogenated alkanes) is 2. The van der Waals surface area contributed by atoms with Crippen LogP contribution in [0.25, 0.3) is 10.9 Å². The minimum Gasteiger partial charge on any atom is -0.299 e. The normalized spacial score (nSPS) is 11.1. The van der Waals surface area contributed by atoms with E-state index in [4.69, 9.17) is 0 Å². The van der Waals surface area contributed by atoms with Gasteiger partial charge in [0.05, 0.1) is 17.6 Å². The number of ketones is 1. The molecule has 0 saturated heterocycles. The van der Waals surface area contributed by atoms with Gasteiger partial charge in [0, 0.05) is 18.4 Å². The van der Waals surface area contributed by atoms with Gasteiger partial charge in [-0.05, 0) is 19.4 Å². The monoisotopic (exact) mass is 258 g/mol. The first-order valence-electron chi connectivity index (χ1n) is 7.22. The van der Waals surface area contributed by atoms with Crippen LogP contribution in [-0.2, 0) is 17.8 Å². The first-order chi connectivity index (χ1) is 9.26. The van der Waals surface area contributed by atoms with E-state index >= 15 is 0 Å². The molecule has 2 aromatic rings. The summed E-state index contributed by atoms with van der Waals surface area (Å²) >= 11 is 0. The fourth-order valence-corrected chi connectivity index (χ4v) is 2.42. The predicted molar refractivity (Wildman–Crippen MR) is 78.3 cm³/mol. The summed E-state index contributed by atoms with van der Waals surface area (Å²) < 4.78 is 1.98. The zero-order valence-electron chi connectivity index (χ0n) is 11.9. The van der Waals surface area contributed by atoms with Gasteiger partial charge in [0.2, 0.25) is 0 Å². The Bertz CT molecular complexity index is 557. The van der Waals surface area contributed by atoms with Gasteiger partial charge in [0.25, 0.3) is 0 Å². The largest absolute Gasteiger partial charge is 0.299 e. The molecule has 0 spiro atoms. The average molecular weight is 258 g/mol. The summed E-state index contributed by atoms with van der Waals surface area (Å²) in [6.45, 7) is 5.07. The molecule has 0 saturated carbocycles. The van der Waals surface area contributed by atoms with Gasteiger partial charge >= 0.3 is 0 Å². The van der Waals surface area contributed by atoms with E-state index in [1.54, 1.807) is 0 Å². The number of benzene rings is 1. The molecule has 1 heterocycles. The number of carbonyl (C=O) groups is 1. The van der Waals surface area contributed by atoms with Crippen LogP contribution in [0.1, 0.15) is 45.2 Å². The molecule has 0 fully saturated rings. The number of aromatic nitrogens is 2. The molecule has 2 rings (SSSR count). The maximum absolute atomic E-state index is 12.0. The predicted octanol–water partition coefficient (Wildman–Crippen LogP) is 3.75. The molecule has 0 N–H and O–H groups in total. The van der Waals surface area contributed by atoms with Crippen molar-refractivity contribution in [3.8, 4) is 0 Å². The van der Waals surface area contributed by atoms with Crippen LogP contribution in [-0.4, -0.2) is 15.6 Å². The van der Waals surface area contributed by atoms with E-state index in [0.717, 1.165) is 42.4 Å². The van der Waals surface area contributed by atoms with Crippen molar-refractivity contribution in [2.45, 2.75) is 52.5 Å². The van der Waals surface area contributed by atoms with Gasteiger partial charge in [0.15, 0.2) is 0 Å². The van der Waals surface area contributed by atoms with Gasteiger partial charge in [-0.2, -0.15) is 5.10 Å². The average Bonchev–Trinajstić information content (AvgIpc) is 2.77. The first-order valence-corrected chi connectivity index (χ1v) is 7.22. The fraction of sp³-hybridized carbons (Fsp3) is 0.500. The van der Waals surface area contributed by atoms with Crippen molar-refractivity contribution in [2.75, 3.05) is 0 Å². The topological polar surface area (TPSA) is 34.9 Å². The van der Waals surface area contributed by atoms with E-state index in [1.165, 1.54) is 0 Å². The Morgan fingerprint density at radius 1 is 1.21 bits per heavy atom. The van der Waals surface area contributed by atoms with Gasteiger partial charge in [-0.25, -0.2) is 0 Å². The Morgan fingerprint density at radius 2 is 2.00 bits per heavy atom. The van der Waals surface area contributed by atoms with Gasteiger partial charge in [-0.3, -0.25) is 9.48 Å². The lowest BCUT2D eigenvalue weighted by atomic mass is 10.1. The van der Waals surface area contributed by atoms with Gasteiger partial charge < -0.3 is 0 Å². The number of Topliss-reactive ketones (excluding diaryl/α,β-unsaturated/α-hetero) is 1. The molecular formula is C16H22N2O. The van der Waals surface area contributed by atoms with Crippen molar-refractivity contribution in [1.29, 1.82) is 0 Å². The van der Waals surface area contributed by atoms with Crippen LogP contribution in [0.5, 0.6) is 0 Å². The molecule has 0 aliphatic heterocycles. The van der Waals surface area contributed by atoms with E-state index in [-0.39, 0.29) is 0 Å². The van der Waals surface area contributed by atoms with Crippen LogP contribution in [0.2, 0.25) is 0 Å². The number of para-hydroxylation sites is 1. The quantitative estimate of drug-likeness (QED) is 0.709. The summed E-state index contributed by atoms with van der Waals surface area (Å²) in [7, 11) is 0. The Balaban J connectivity index is 2.14. The highest BCUT2D eigenvalue weighted by Crippen LogP contribution is 2.19. The molecule has 3 nitrogen and oxygen atoms in total. The lowest BCUT2D eigenvalue weighted by Crippen LogP contribution is -2.04. The summed E-state index contributed by atoms with van der Waals surface area (Å²) in [6.07, 6.45) is 4.44. The van der Waals surface area contributed by atoms with Crippen molar-refractivity contribution in [3.05, 3.63) is 30.0 Å². The molecule has 0 bridgehead atoms. The standard InChI is InChI=1S/C16H22N2O/c1-3-5-6-9-13(19)12-15-14-10-7-8-11-16(14)18(4-2)17-15/h7-8,10-11H,3-6,9,12H2,1-2H3. The highest BCUT2D eigenvalue weighted by Gasteiger charge is 2.12. The van der Waals surface area contributed by atoms with Gasteiger partial charge in [-0.15, -0.1) is 0 Å². The molecule has 1 aromatic heterocycles. The maximum atomic E-state index is 12.0. The Morgan fingerprint density at radius 3 is 2.74 bits per heavy atom. The number of hydrogen-bond acceptors (Lipinski definition) is 2. The van der Waals surface area contributed by atoms with Crippen LogP contribution in [0.15, 0.2) is 24.3 Å². The zero-order chi connectivity index (χ0) is 13.7. The molecule has 0 aliphatic carbocycles. The molecule has 0 radical (unpaired) electrons. The second-order valence-corrected chi connectivity index (χ2v) is 4.95. The van der Waals surface area contributed by atoms with Crippen LogP contribution >= 0.6 is 0 Å². The Labute approximate surface area is 114 Å². The third kappa shape index (κ3) is 3.22. The lowest BCUT2D eigenvalue weighted by Gasteiger charge is -1.98. The smallest absolute Gasteiger partial charge is 0.138 e. The molecular weight excluding hydrogens is 236 g/mol. The van der Waals surface area contributed by atoms with Crippen molar-refractivity contribution in [1.82, 2.24) is 9.78 Å². The zero-order valence-corrected chi connectivity index (χ0v) is 11.9. The van der Waals surface area contributed by atoms with Gasteiger partial charge in [0.1, 0.15) is 5.78 Å². The van der Waals surface area contributed by atoms with Crippen molar-refractivity contribution < 1.29 is 4.79 Å². The number of hydrogen-bond donors (Lipinski definition) is 0. The van der Waals surface area contributed by atoms with Crippen LogP contribution < -0.4 is 0 Å². The van der Waals surface area contributed by atoms with Crippen molar-refractivity contribution in [3.63, 3.8) is 0 Å². The number of carbonyl (C=O) groups excluding carboxylic acids is 1. The second-order valence-electron chi connectivity index (χ2n) is 4.95. The number of rotatable bonds is 7. The highest BCUT2D eigenvalue weighted by molar-refractivity contribution is 5.88. The molecule has 0 amide bonds. The van der Waals surface area contributed by atoms with E-state index in [1.807, 2.05) is 16.8 Å². The summed E-state index contributed by atoms with van der Waals surface area (Å²) in [6, 6.07) is 8.15. The van der Waals surface area contributed by atoms with Crippen molar-refractivity contribution >= 4 is 16.7 Å². The van der Waals surface area contributed by atoms with Crippen molar-refractivity contribution in [2.24, 2.45) is 0 Å². The van der Waals surface area contributed by atoms with Crippen LogP contribution in [0.4, 0.5) is 0 Å². The molecule has 0 aliphatic rings. The van der Waals surface area contributed by atoms with Crippen LogP contribution in [0.3, 0.4) is 0 Å². The third-order valence-electron chi connectivity index (χ3n) is 3.46. The Hall–Kier alpha value is -1.64. The molecule has 19 heavy (non-hydrogen) atoms. The fourth-order valence-electron chi connectivity index (χ4n) is 2.42. The number of fused-ring (bicyclic) bond motifs is 1. The van der Waals surface area contributed by atoms with E-state index in [2.05, 4.69) is 31.1 Å². The van der Waals surface area contributed by atoms with Crippen LogP contribution in [0, 0.1) is 0 Å². The number of aryl methyl sites for hydroxylation is 1. The lowest BCUT2D eigenvalue weighted by molar-refractivity contribution is -0.118. The number of nitrogens with zero attached hydrogens (tertiary/aromatic N) is 2. The molecule has 1 aromatic carbocycles. The van der Waals surface area contributed by atoms with E-state index < -0.39 is 0 Å². The van der Waals surface area contributed by atoms with Gasteiger partial charge in [-0.1, -0.05) is 38.0 Å². The van der Waals surface area contributed by atoms with E-state index in [9.17, 15) is 4.79 Å². The SMILES string of the molecule is CCCCCC(=O)Cc1nn(CC)c2ccccc12. The first kappa shape index (κ1) is 13.8. The molecule has 102 valence electrons. The summed E-state index contributed by atoms with van der Waals surface area (Å²) in [5.41, 5.74) is 2.06. The summed E-state index contributed by atoms with van der Waals surface area (Å²) in [4.78, 5) is 12.0. The summed E-state index contributed by atoms with van der Waals surface area (Å²) in [5.74, 6) is 0.306. The second kappa shape index (κ2) is 6.50. The molecule has 3 heteroatoms. The minimum absolute atomic E-state index is 0.306. The third-order valence-corrected chi connectivity index (χ3v) is 3.46. The summed E-state index contributed by atoms with van der Waals surface area (Å²) in [5, 5.41) is 5.69.